The number of anilines is 1. The smallest absolute Gasteiger partial charge is 0.296 e. The summed E-state index contributed by atoms with van der Waals surface area (Å²) in [4.78, 5) is 24.0. The van der Waals surface area contributed by atoms with Gasteiger partial charge >= 0.3 is 0 Å². The highest BCUT2D eigenvalue weighted by Gasteiger charge is 2.28. The van der Waals surface area contributed by atoms with Crippen LogP contribution in [0.1, 0.15) is 15.9 Å². The summed E-state index contributed by atoms with van der Waals surface area (Å²) < 4.78 is 0.835. The van der Waals surface area contributed by atoms with Crippen LogP contribution in [0.5, 0.6) is 0 Å². The molecule has 2 aromatic rings. The minimum Gasteiger partial charge on any atom is -0.318 e. The van der Waals surface area contributed by atoms with E-state index in [1.165, 1.54) is 5.56 Å². The highest BCUT2D eigenvalue weighted by molar-refractivity contribution is 9.10. The van der Waals surface area contributed by atoms with Crippen LogP contribution in [0.25, 0.3) is 0 Å². The van der Waals surface area contributed by atoms with Gasteiger partial charge < -0.3 is 5.32 Å². The number of carbonyl (C=O) groups excluding carboxylic acids is 2. The van der Waals surface area contributed by atoms with Crippen LogP contribution in [0.4, 0.5) is 5.69 Å². The lowest BCUT2D eigenvalue weighted by Gasteiger charge is -2.07. The van der Waals surface area contributed by atoms with E-state index < -0.39 is 11.7 Å². The summed E-state index contributed by atoms with van der Waals surface area (Å²) in [5.74, 6) is -0.197. The van der Waals surface area contributed by atoms with Crippen molar-refractivity contribution in [2.75, 3.05) is 5.32 Å². The van der Waals surface area contributed by atoms with E-state index in [1.807, 2.05) is 24.3 Å². The maximum Gasteiger partial charge on any atom is 0.296 e. The summed E-state index contributed by atoms with van der Waals surface area (Å²) >= 11 is 5.12. The SMILES string of the molecule is O=C1Nc2cc(SCc3ccccc3)c(Br)cc2C1=O. The van der Waals surface area contributed by atoms with Crippen LogP contribution in [-0.2, 0) is 10.5 Å². The Morgan fingerprint density at radius 2 is 1.85 bits per heavy atom. The van der Waals surface area contributed by atoms with E-state index >= 15 is 0 Å². The predicted molar refractivity (Wildman–Crippen MR) is 83.1 cm³/mol. The highest BCUT2D eigenvalue weighted by atomic mass is 79.9. The van der Waals surface area contributed by atoms with Gasteiger partial charge in [0, 0.05) is 15.1 Å². The van der Waals surface area contributed by atoms with E-state index in [4.69, 9.17) is 0 Å². The number of fused-ring (bicyclic) bond motifs is 1. The topological polar surface area (TPSA) is 46.2 Å². The first-order valence-corrected chi connectivity index (χ1v) is 7.79. The Kier molecular flexibility index (Phi) is 3.63. The van der Waals surface area contributed by atoms with E-state index in [2.05, 4.69) is 33.4 Å². The number of halogens is 1. The van der Waals surface area contributed by atoms with Gasteiger partial charge in [-0.15, -0.1) is 11.8 Å². The summed E-state index contributed by atoms with van der Waals surface area (Å²) in [6.07, 6.45) is 0. The first-order valence-electron chi connectivity index (χ1n) is 6.01. The molecule has 0 bridgehead atoms. The number of ketones is 1. The molecule has 2 aromatic carbocycles. The standard InChI is InChI=1S/C15H10BrNO2S/c16-11-6-10-12(17-15(19)14(10)18)7-13(11)20-8-9-4-2-1-3-5-9/h1-7H,8H2,(H,17,18,19). The van der Waals surface area contributed by atoms with Crippen molar-refractivity contribution in [1.29, 1.82) is 0 Å². The lowest BCUT2D eigenvalue weighted by Crippen LogP contribution is -2.12. The van der Waals surface area contributed by atoms with Gasteiger partial charge in [0.1, 0.15) is 0 Å². The number of amides is 1. The molecule has 0 radical (unpaired) electrons. The monoisotopic (exact) mass is 347 g/mol. The van der Waals surface area contributed by atoms with Gasteiger partial charge in [0.25, 0.3) is 11.7 Å². The average Bonchev–Trinajstić information content (AvgIpc) is 2.73. The molecule has 0 atom stereocenters. The predicted octanol–water partition coefficient (Wildman–Crippen LogP) is 3.88. The summed E-state index contributed by atoms with van der Waals surface area (Å²) in [6, 6.07) is 13.7. The Balaban J connectivity index is 1.83. The lowest BCUT2D eigenvalue weighted by molar-refractivity contribution is -0.112. The summed E-state index contributed by atoms with van der Waals surface area (Å²) in [7, 11) is 0. The molecule has 0 fully saturated rings. The maximum absolute atomic E-state index is 11.6. The summed E-state index contributed by atoms with van der Waals surface area (Å²) in [6.45, 7) is 0. The normalized spacial score (nSPS) is 13.2. The van der Waals surface area contributed by atoms with Crippen molar-refractivity contribution in [2.45, 2.75) is 10.6 Å². The Morgan fingerprint density at radius 1 is 1.10 bits per heavy atom. The van der Waals surface area contributed by atoms with Gasteiger partial charge in [0.15, 0.2) is 0 Å². The first kappa shape index (κ1) is 13.4. The number of carbonyl (C=O) groups is 2. The van der Waals surface area contributed by atoms with Crippen molar-refractivity contribution in [2.24, 2.45) is 0 Å². The zero-order chi connectivity index (χ0) is 14.1. The van der Waals surface area contributed by atoms with Gasteiger partial charge in [-0.25, -0.2) is 0 Å². The molecule has 3 rings (SSSR count). The number of benzene rings is 2. The molecule has 0 saturated heterocycles. The van der Waals surface area contributed by atoms with Crippen molar-refractivity contribution in [1.82, 2.24) is 0 Å². The van der Waals surface area contributed by atoms with Crippen molar-refractivity contribution in [3.8, 4) is 0 Å². The van der Waals surface area contributed by atoms with Crippen LogP contribution < -0.4 is 5.32 Å². The average molecular weight is 348 g/mol. The quantitative estimate of drug-likeness (QED) is 0.676. The molecular formula is C15H10BrNO2S. The van der Waals surface area contributed by atoms with Crippen LogP contribution in [-0.4, -0.2) is 11.7 Å². The van der Waals surface area contributed by atoms with Crippen molar-refractivity contribution in [3.05, 3.63) is 58.1 Å². The van der Waals surface area contributed by atoms with Crippen LogP contribution in [0.3, 0.4) is 0 Å². The molecule has 0 aromatic heterocycles. The van der Waals surface area contributed by atoms with Crippen LogP contribution in [0.15, 0.2) is 51.8 Å². The molecule has 20 heavy (non-hydrogen) atoms. The van der Waals surface area contributed by atoms with Crippen molar-refractivity contribution >= 4 is 45.1 Å². The largest absolute Gasteiger partial charge is 0.318 e. The Labute approximate surface area is 128 Å². The molecule has 0 unspecified atom stereocenters. The fourth-order valence-electron chi connectivity index (χ4n) is 1.99. The fourth-order valence-corrected chi connectivity index (χ4v) is 3.59. The third kappa shape index (κ3) is 2.51. The van der Waals surface area contributed by atoms with E-state index in [0.717, 1.165) is 15.1 Å². The molecule has 3 nitrogen and oxygen atoms in total. The molecule has 0 spiro atoms. The molecular weight excluding hydrogens is 338 g/mol. The second-order valence-electron chi connectivity index (χ2n) is 4.39. The van der Waals surface area contributed by atoms with Crippen LogP contribution in [0, 0.1) is 0 Å². The van der Waals surface area contributed by atoms with Gasteiger partial charge in [-0.05, 0) is 33.6 Å². The third-order valence-corrected chi connectivity index (χ3v) is 5.05. The first-order chi connectivity index (χ1) is 9.65. The lowest BCUT2D eigenvalue weighted by atomic mass is 10.1. The second-order valence-corrected chi connectivity index (χ2v) is 6.26. The number of hydrogen-bond donors (Lipinski definition) is 1. The Bertz CT molecular complexity index is 701. The highest BCUT2D eigenvalue weighted by Crippen LogP contribution is 2.36. The van der Waals surface area contributed by atoms with E-state index in [0.29, 0.717) is 11.3 Å². The molecule has 1 amide bonds. The Morgan fingerprint density at radius 3 is 2.60 bits per heavy atom. The van der Waals surface area contributed by atoms with Gasteiger partial charge in [-0.2, -0.15) is 0 Å². The molecule has 0 saturated carbocycles. The van der Waals surface area contributed by atoms with Gasteiger partial charge in [0.2, 0.25) is 0 Å². The molecule has 1 aliphatic rings. The minimum absolute atomic E-state index is 0.436. The zero-order valence-electron chi connectivity index (χ0n) is 10.4. The maximum atomic E-state index is 11.6. The molecule has 1 aliphatic heterocycles. The van der Waals surface area contributed by atoms with Gasteiger partial charge in [-0.1, -0.05) is 30.3 Å². The second kappa shape index (κ2) is 5.42. The number of thioether (sulfide) groups is 1. The molecule has 1 N–H and O–H groups in total. The van der Waals surface area contributed by atoms with Crippen LogP contribution in [0.2, 0.25) is 0 Å². The number of Topliss-reactive ketones (excluding diaryl/α,β-unsaturated/α-hetero) is 1. The summed E-state index contributed by atoms with van der Waals surface area (Å²) in [5.41, 5.74) is 2.26. The summed E-state index contributed by atoms with van der Waals surface area (Å²) in [5, 5.41) is 2.59. The molecule has 0 aliphatic carbocycles. The van der Waals surface area contributed by atoms with E-state index in [1.54, 1.807) is 17.8 Å². The fraction of sp³-hybridized carbons (Fsp3) is 0.0667. The molecule has 1 heterocycles. The van der Waals surface area contributed by atoms with Crippen LogP contribution >= 0.6 is 27.7 Å². The molecule has 5 heteroatoms. The molecule has 100 valence electrons. The van der Waals surface area contributed by atoms with Crippen molar-refractivity contribution in [3.63, 3.8) is 0 Å². The zero-order valence-corrected chi connectivity index (χ0v) is 12.8. The van der Waals surface area contributed by atoms with Crippen molar-refractivity contribution < 1.29 is 9.59 Å². The minimum atomic E-state index is -0.558. The number of nitrogens with one attached hydrogen (secondary N) is 1. The van der Waals surface area contributed by atoms with Gasteiger partial charge in [0.05, 0.1) is 11.3 Å². The Hall–Kier alpha value is -1.59. The van der Waals surface area contributed by atoms with E-state index in [9.17, 15) is 9.59 Å². The third-order valence-electron chi connectivity index (χ3n) is 3.01. The number of rotatable bonds is 3. The van der Waals surface area contributed by atoms with Gasteiger partial charge in [-0.3, -0.25) is 9.59 Å². The number of hydrogen-bond acceptors (Lipinski definition) is 3. The van der Waals surface area contributed by atoms with E-state index in [-0.39, 0.29) is 0 Å².